The predicted octanol–water partition coefficient (Wildman–Crippen LogP) is 2.84. The monoisotopic (exact) mass is 241 g/mol. The van der Waals surface area contributed by atoms with E-state index in [1.165, 1.54) is 12.8 Å². The standard InChI is InChI=1S/C14H27NO2/c1-11(2)8-9-15(12-6-7-12)13(16)10-17-14(3,4)5/h11-12H,6-10H2,1-5H3. The van der Waals surface area contributed by atoms with Crippen LogP contribution in [0.4, 0.5) is 0 Å². The van der Waals surface area contributed by atoms with Gasteiger partial charge >= 0.3 is 0 Å². The van der Waals surface area contributed by atoms with Crippen molar-refractivity contribution >= 4 is 5.91 Å². The molecule has 1 aliphatic carbocycles. The molecule has 1 rings (SSSR count). The molecule has 0 heterocycles. The van der Waals surface area contributed by atoms with Crippen molar-refractivity contribution in [1.82, 2.24) is 4.90 Å². The van der Waals surface area contributed by atoms with Crippen molar-refractivity contribution in [3.8, 4) is 0 Å². The lowest BCUT2D eigenvalue weighted by Crippen LogP contribution is -2.39. The minimum absolute atomic E-state index is 0.156. The molecule has 0 spiro atoms. The van der Waals surface area contributed by atoms with E-state index in [1.807, 2.05) is 25.7 Å². The quantitative estimate of drug-likeness (QED) is 0.715. The summed E-state index contributed by atoms with van der Waals surface area (Å²) in [6.45, 7) is 11.4. The maximum Gasteiger partial charge on any atom is 0.248 e. The van der Waals surface area contributed by atoms with E-state index in [4.69, 9.17) is 4.74 Å². The summed E-state index contributed by atoms with van der Waals surface area (Å²) < 4.78 is 5.57. The maximum absolute atomic E-state index is 12.1. The average Bonchev–Trinajstić information content (AvgIpc) is 2.97. The van der Waals surface area contributed by atoms with E-state index < -0.39 is 0 Å². The lowest BCUT2D eigenvalue weighted by Gasteiger charge is -2.26. The Morgan fingerprint density at radius 2 is 1.94 bits per heavy atom. The molecule has 0 N–H and O–H groups in total. The molecule has 100 valence electrons. The molecule has 1 aliphatic rings. The fraction of sp³-hybridized carbons (Fsp3) is 0.929. The minimum atomic E-state index is -0.233. The first-order valence-corrected chi connectivity index (χ1v) is 6.73. The third-order valence-electron chi connectivity index (χ3n) is 2.88. The zero-order chi connectivity index (χ0) is 13.1. The molecule has 1 fully saturated rings. The van der Waals surface area contributed by atoms with Crippen LogP contribution in [-0.2, 0) is 9.53 Å². The molecule has 0 aliphatic heterocycles. The van der Waals surface area contributed by atoms with Crippen molar-refractivity contribution in [2.45, 2.75) is 65.5 Å². The molecular formula is C14H27NO2. The van der Waals surface area contributed by atoms with E-state index in [2.05, 4.69) is 13.8 Å². The molecule has 0 radical (unpaired) electrons. The van der Waals surface area contributed by atoms with Gasteiger partial charge in [-0.1, -0.05) is 13.8 Å². The third kappa shape index (κ3) is 6.06. The molecule has 1 saturated carbocycles. The Morgan fingerprint density at radius 3 is 2.35 bits per heavy atom. The van der Waals surface area contributed by atoms with Crippen molar-refractivity contribution in [3.05, 3.63) is 0 Å². The first kappa shape index (κ1) is 14.5. The Bertz CT molecular complexity index is 251. The highest BCUT2D eigenvalue weighted by atomic mass is 16.5. The fourth-order valence-corrected chi connectivity index (χ4v) is 1.66. The van der Waals surface area contributed by atoms with Crippen LogP contribution in [0.1, 0.15) is 53.9 Å². The number of hydrogen-bond acceptors (Lipinski definition) is 2. The molecular weight excluding hydrogens is 214 g/mol. The third-order valence-corrected chi connectivity index (χ3v) is 2.88. The summed E-state index contributed by atoms with van der Waals surface area (Å²) in [5.74, 6) is 0.802. The fourth-order valence-electron chi connectivity index (χ4n) is 1.66. The molecule has 0 atom stereocenters. The molecule has 0 aromatic rings. The number of hydrogen-bond donors (Lipinski definition) is 0. The Kier molecular flexibility index (Phi) is 4.99. The average molecular weight is 241 g/mol. The summed E-state index contributed by atoms with van der Waals surface area (Å²) in [5, 5.41) is 0. The Balaban J connectivity index is 2.38. The van der Waals surface area contributed by atoms with Crippen molar-refractivity contribution in [1.29, 1.82) is 0 Å². The second-order valence-electron chi connectivity index (χ2n) is 6.40. The van der Waals surface area contributed by atoms with E-state index in [0.717, 1.165) is 13.0 Å². The molecule has 0 unspecified atom stereocenters. The van der Waals surface area contributed by atoms with Crippen molar-refractivity contribution in [2.75, 3.05) is 13.2 Å². The summed E-state index contributed by atoms with van der Waals surface area (Å²) in [7, 11) is 0. The first-order valence-electron chi connectivity index (χ1n) is 6.73. The van der Waals surface area contributed by atoms with Gasteiger partial charge in [0.25, 0.3) is 0 Å². The van der Waals surface area contributed by atoms with Gasteiger partial charge < -0.3 is 9.64 Å². The van der Waals surface area contributed by atoms with Crippen LogP contribution in [0.15, 0.2) is 0 Å². The zero-order valence-corrected chi connectivity index (χ0v) is 12.0. The second kappa shape index (κ2) is 5.85. The Morgan fingerprint density at radius 1 is 1.35 bits per heavy atom. The van der Waals surface area contributed by atoms with Crippen LogP contribution in [0.5, 0.6) is 0 Å². The summed E-state index contributed by atoms with van der Waals surface area (Å²) in [6.07, 6.45) is 3.41. The number of carbonyl (C=O) groups is 1. The van der Waals surface area contributed by atoms with Crippen molar-refractivity contribution in [2.24, 2.45) is 5.92 Å². The molecule has 3 nitrogen and oxygen atoms in total. The summed E-state index contributed by atoms with van der Waals surface area (Å²) >= 11 is 0. The highest BCUT2D eigenvalue weighted by Gasteiger charge is 2.32. The number of rotatable bonds is 6. The van der Waals surface area contributed by atoms with Gasteiger partial charge in [0.1, 0.15) is 6.61 Å². The molecule has 0 aromatic carbocycles. The van der Waals surface area contributed by atoms with Crippen LogP contribution in [0.2, 0.25) is 0 Å². The highest BCUT2D eigenvalue weighted by molar-refractivity contribution is 5.78. The summed E-state index contributed by atoms with van der Waals surface area (Å²) in [4.78, 5) is 14.1. The van der Waals surface area contributed by atoms with E-state index in [-0.39, 0.29) is 18.1 Å². The number of nitrogens with zero attached hydrogens (tertiary/aromatic N) is 1. The molecule has 0 bridgehead atoms. The number of amides is 1. The molecule has 17 heavy (non-hydrogen) atoms. The normalized spacial score (nSPS) is 16.4. The van der Waals surface area contributed by atoms with Crippen molar-refractivity contribution < 1.29 is 9.53 Å². The molecule has 1 amide bonds. The van der Waals surface area contributed by atoms with E-state index in [1.54, 1.807) is 0 Å². The summed E-state index contributed by atoms with van der Waals surface area (Å²) in [5.41, 5.74) is -0.233. The van der Waals surface area contributed by atoms with Gasteiger partial charge in [0.15, 0.2) is 0 Å². The van der Waals surface area contributed by atoms with Gasteiger partial charge in [0.2, 0.25) is 5.91 Å². The minimum Gasteiger partial charge on any atom is -0.366 e. The van der Waals surface area contributed by atoms with Crippen LogP contribution in [-0.4, -0.2) is 35.6 Å². The maximum atomic E-state index is 12.1. The van der Waals surface area contributed by atoms with Gasteiger partial charge in [-0.2, -0.15) is 0 Å². The van der Waals surface area contributed by atoms with E-state index >= 15 is 0 Å². The van der Waals surface area contributed by atoms with E-state index in [0.29, 0.717) is 12.0 Å². The zero-order valence-electron chi connectivity index (χ0n) is 12.0. The Hall–Kier alpha value is -0.570. The van der Waals surface area contributed by atoms with Crippen molar-refractivity contribution in [3.63, 3.8) is 0 Å². The lowest BCUT2D eigenvalue weighted by atomic mass is 10.1. The number of carbonyl (C=O) groups excluding carboxylic acids is 1. The summed E-state index contributed by atoms with van der Waals surface area (Å²) in [6, 6.07) is 0.491. The van der Waals surface area contributed by atoms with Crippen LogP contribution < -0.4 is 0 Å². The van der Waals surface area contributed by atoms with Gasteiger partial charge in [-0.3, -0.25) is 4.79 Å². The van der Waals surface area contributed by atoms with Gasteiger partial charge in [-0.25, -0.2) is 0 Å². The molecule has 0 aromatic heterocycles. The SMILES string of the molecule is CC(C)CCN(C(=O)COC(C)(C)C)C1CC1. The molecule has 3 heteroatoms. The highest BCUT2D eigenvalue weighted by Crippen LogP contribution is 2.27. The first-order chi connectivity index (χ1) is 7.79. The van der Waals surface area contributed by atoms with Crippen LogP contribution >= 0.6 is 0 Å². The second-order valence-corrected chi connectivity index (χ2v) is 6.40. The largest absolute Gasteiger partial charge is 0.366 e. The van der Waals surface area contributed by atoms with Crippen LogP contribution in [0.25, 0.3) is 0 Å². The lowest BCUT2D eigenvalue weighted by molar-refractivity contribution is -0.141. The van der Waals surface area contributed by atoms with Crippen LogP contribution in [0.3, 0.4) is 0 Å². The topological polar surface area (TPSA) is 29.5 Å². The van der Waals surface area contributed by atoms with E-state index in [9.17, 15) is 4.79 Å². The smallest absolute Gasteiger partial charge is 0.248 e. The van der Waals surface area contributed by atoms with Gasteiger partial charge in [-0.15, -0.1) is 0 Å². The van der Waals surface area contributed by atoms with Crippen LogP contribution in [0, 0.1) is 5.92 Å². The van der Waals surface area contributed by atoms with Gasteiger partial charge in [-0.05, 0) is 46.0 Å². The van der Waals surface area contributed by atoms with Gasteiger partial charge in [0, 0.05) is 12.6 Å². The Labute approximate surface area is 106 Å². The molecule has 0 saturated heterocycles. The van der Waals surface area contributed by atoms with Gasteiger partial charge in [0.05, 0.1) is 5.60 Å². The predicted molar refractivity (Wildman–Crippen MR) is 69.9 cm³/mol. The number of ether oxygens (including phenoxy) is 1.